The number of fused-ring (bicyclic) bond motifs is 1. The van der Waals surface area contributed by atoms with E-state index >= 15 is 0 Å². The first-order chi connectivity index (χ1) is 13.2. The molecule has 0 unspecified atom stereocenters. The Morgan fingerprint density at radius 2 is 1.78 bits per heavy atom. The number of benzene rings is 3. The van der Waals surface area contributed by atoms with Crippen LogP contribution in [-0.2, 0) is 6.42 Å². The first-order valence-electron chi connectivity index (χ1n) is 8.47. The first-order valence-corrected chi connectivity index (χ1v) is 9.70. The van der Waals surface area contributed by atoms with E-state index in [-0.39, 0.29) is 11.9 Å². The van der Waals surface area contributed by atoms with Gasteiger partial charge in [0, 0.05) is 10.5 Å². The van der Waals surface area contributed by atoms with Crippen molar-refractivity contribution in [1.82, 2.24) is 10.2 Å². The van der Waals surface area contributed by atoms with Gasteiger partial charge in [-0.3, -0.25) is 10.1 Å². The predicted octanol–water partition coefficient (Wildman–Crippen LogP) is 4.79. The summed E-state index contributed by atoms with van der Waals surface area (Å²) in [6.07, 6.45) is 2.56. The largest absolute Gasteiger partial charge is 0.407 e. The Morgan fingerprint density at radius 1 is 1.00 bits per heavy atom. The minimum Gasteiger partial charge on any atom is -0.407 e. The van der Waals surface area contributed by atoms with Crippen LogP contribution in [0.5, 0.6) is 0 Å². The molecule has 1 aromatic heterocycles. The van der Waals surface area contributed by atoms with Gasteiger partial charge in [-0.1, -0.05) is 53.6 Å². The van der Waals surface area contributed by atoms with Crippen LogP contribution < -0.4 is 5.32 Å². The average molecular weight is 375 g/mol. The molecule has 0 saturated carbocycles. The fourth-order valence-corrected chi connectivity index (χ4v) is 3.29. The third-order valence-corrected chi connectivity index (χ3v) is 4.98. The van der Waals surface area contributed by atoms with Crippen LogP contribution in [0.25, 0.3) is 10.8 Å². The quantitative estimate of drug-likeness (QED) is 0.508. The van der Waals surface area contributed by atoms with Gasteiger partial charge < -0.3 is 4.42 Å². The summed E-state index contributed by atoms with van der Waals surface area (Å²) in [5, 5.41) is 12.5. The number of nitrogens with zero attached hydrogens (tertiary/aromatic N) is 2. The molecule has 4 aromatic rings. The minimum atomic E-state index is -0.272. The Hall–Kier alpha value is -3.12. The van der Waals surface area contributed by atoms with E-state index in [1.165, 1.54) is 4.90 Å². The van der Waals surface area contributed by atoms with Crippen molar-refractivity contribution in [3.05, 3.63) is 83.7 Å². The molecule has 134 valence electrons. The topological polar surface area (TPSA) is 68.0 Å². The van der Waals surface area contributed by atoms with Crippen molar-refractivity contribution >= 4 is 34.5 Å². The number of anilines is 1. The number of thioether (sulfide) groups is 1. The van der Waals surface area contributed by atoms with Crippen LogP contribution in [-0.4, -0.2) is 22.4 Å². The molecule has 0 bridgehead atoms. The van der Waals surface area contributed by atoms with E-state index in [0.717, 1.165) is 16.3 Å². The molecule has 6 heteroatoms. The van der Waals surface area contributed by atoms with E-state index in [0.29, 0.717) is 17.9 Å². The molecule has 0 spiro atoms. The molecule has 1 amide bonds. The van der Waals surface area contributed by atoms with Crippen LogP contribution >= 0.6 is 11.8 Å². The molecular formula is C21H17N3O2S. The number of hydrogen-bond acceptors (Lipinski definition) is 5. The summed E-state index contributed by atoms with van der Waals surface area (Å²) < 4.78 is 5.59. The van der Waals surface area contributed by atoms with Crippen molar-refractivity contribution in [2.75, 3.05) is 11.6 Å². The van der Waals surface area contributed by atoms with Gasteiger partial charge in [-0.05, 0) is 40.8 Å². The number of nitrogens with one attached hydrogen (secondary N) is 1. The number of carbonyl (C=O) groups is 1. The fourth-order valence-electron chi connectivity index (χ4n) is 2.88. The van der Waals surface area contributed by atoms with Gasteiger partial charge in [0.25, 0.3) is 5.91 Å². The third-order valence-electron chi connectivity index (χ3n) is 4.24. The lowest BCUT2D eigenvalue weighted by atomic mass is 10.0. The molecule has 0 fully saturated rings. The Bertz CT molecular complexity index is 1080. The second-order valence-corrected chi connectivity index (χ2v) is 6.89. The molecule has 0 aliphatic rings. The van der Waals surface area contributed by atoms with E-state index in [4.69, 9.17) is 4.42 Å². The maximum Gasteiger partial charge on any atom is 0.322 e. The van der Waals surface area contributed by atoms with Gasteiger partial charge in [0.2, 0.25) is 5.89 Å². The summed E-state index contributed by atoms with van der Waals surface area (Å²) in [7, 11) is 0. The lowest BCUT2D eigenvalue weighted by Crippen LogP contribution is -2.12. The number of aromatic nitrogens is 2. The molecule has 0 saturated heterocycles. The van der Waals surface area contributed by atoms with Gasteiger partial charge in [0.05, 0.1) is 6.42 Å². The summed E-state index contributed by atoms with van der Waals surface area (Å²) in [6.45, 7) is 0. The number of hydrogen-bond donors (Lipinski definition) is 1. The SMILES string of the molecule is CSc1ccc(Cc2nnc(NC(=O)c3cccc4ccccc34)o2)cc1. The number of rotatable bonds is 5. The highest BCUT2D eigenvalue weighted by molar-refractivity contribution is 7.98. The minimum absolute atomic E-state index is 0.101. The summed E-state index contributed by atoms with van der Waals surface area (Å²) in [4.78, 5) is 13.8. The lowest BCUT2D eigenvalue weighted by molar-refractivity contribution is 0.102. The average Bonchev–Trinajstić information content (AvgIpc) is 3.14. The summed E-state index contributed by atoms with van der Waals surface area (Å²) in [5.74, 6) is 0.187. The maximum absolute atomic E-state index is 12.6. The smallest absolute Gasteiger partial charge is 0.322 e. The molecule has 27 heavy (non-hydrogen) atoms. The van der Waals surface area contributed by atoms with Gasteiger partial charge in [-0.2, -0.15) is 0 Å². The van der Waals surface area contributed by atoms with Crippen LogP contribution in [0.15, 0.2) is 76.0 Å². The summed E-state index contributed by atoms with van der Waals surface area (Å²) in [5.41, 5.74) is 1.64. The first kappa shape index (κ1) is 17.3. The number of amides is 1. The van der Waals surface area contributed by atoms with Crippen LogP contribution in [0.3, 0.4) is 0 Å². The Labute approximate surface area is 160 Å². The van der Waals surface area contributed by atoms with E-state index in [1.54, 1.807) is 17.8 Å². The molecule has 0 aliphatic carbocycles. The number of carbonyl (C=O) groups excluding carboxylic acids is 1. The van der Waals surface area contributed by atoms with Crippen LogP contribution in [0.4, 0.5) is 6.01 Å². The van der Waals surface area contributed by atoms with Crippen molar-refractivity contribution < 1.29 is 9.21 Å². The molecule has 0 radical (unpaired) electrons. The van der Waals surface area contributed by atoms with E-state index in [1.807, 2.05) is 54.8 Å². The molecule has 0 atom stereocenters. The van der Waals surface area contributed by atoms with Crippen LogP contribution in [0.2, 0.25) is 0 Å². The highest BCUT2D eigenvalue weighted by atomic mass is 32.2. The van der Waals surface area contributed by atoms with Gasteiger partial charge in [0.1, 0.15) is 0 Å². The Balaban J connectivity index is 1.49. The Morgan fingerprint density at radius 3 is 2.59 bits per heavy atom. The van der Waals surface area contributed by atoms with Crippen LogP contribution in [0.1, 0.15) is 21.8 Å². The van der Waals surface area contributed by atoms with Gasteiger partial charge >= 0.3 is 6.01 Å². The second kappa shape index (κ2) is 7.63. The highest BCUT2D eigenvalue weighted by Gasteiger charge is 2.14. The highest BCUT2D eigenvalue weighted by Crippen LogP contribution is 2.20. The standard InChI is InChI=1S/C21H17N3O2S/c1-27-16-11-9-14(10-12-16)13-19-23-24-21(26-19)22-20(25)18-8-4-6-15-5-2-3-7-17(15)18/h2-12H,13H2,1H3,(H,22,24,25). The zero-order chi connectivity index (χ0) is 18.6. The predicted molar refractivity (Wildman–Crippen MR) is 107 cm³/mol. The van der Waals surface area contributed by atoms with E-state index in [9.17, 15) is 4.79 Å². The van der Waals surface area contributed by atoms with Crippen LogP contribution in [0, 0.1) is 0 Å². The van der Waals surface area contributed by atoms with Crippen molar-refractivity contribution in [3.8, 4) is 0 Å². The monoisotopic (exact) mass is 375 g/mol. The summed E-state index contributed by atoms with van der Waals surface area (Å²) in [6, 6.07) is 21.6. The molecule has 1 heterocycles. The van der Waals surface area contributed by atoms with Crippen molar-refractivity contribution in [2.24, 2.45) is 0 Å². The molecule has 0 aliphatic heterocycles. The van der Waals surface area contributed by atoms with Gasteiger partial charge in [-0.15, -0.1) is 16.9 Å². The Kier molecular flexibility index (Phi) is 4.89. The molecule has 3 aromatic carbocycles. The van der Waals surface area contributed by atoms with Crippen molar-refractivity contribution in [2.45, 2.75) is 11.3 Å². The van der Waals surface area contributed by atoms with Crippen molar-refractivity contribution in [3.63, 3.8) is 0 Å². The molecule has 1 N–H and O–H groups in total. The fraction of sp³-hybridized carbons (Fsp3) is 0.0952. The second-order valence-electron chi connectivity index (χ2n) is 6.01. The lowest BCUT2D eigenvalue weighted by Gasteiger charge is -2.05. The van der Waals surface area contributed by atoms with Gasteiger partial charge in [-0.25, -0.2) is 0 Å². The third kappa shape index (κ3) is 3.85. The molecule has 5 nitrogen and oxygen atoms in total. The molecule has 4 rings (SSSR count). The zero-order valence-electron chi connectivity index (χ0n) is 14.7. The molecular weight excluding hydrogens is 358 g/mol. The summed E-state index contributed by atoms with van der Waals surface area (Å²) >= 11 is 1.69. The van der Waals surface area contributed by atoms with Gasteiger partial charge in [0.15, 0.2) is 0 Å². The maximum atomic E-state index is 12.6. The van der Waals surface area contributed by atoms with E-state index in [2.05, 4.69) is 27.6 Å². The van der Waals surface area contributed by atoms with Crippen molar-refractivity contribution in [1.29, 1.82) is 0 Å². The zero-order valence-corrected chi connectivity index (χ0v) is 15.5. The normalized spacial score (nSPS) is 10.9. The van der Waals surface area contributed by atoms with E-state index < -0.39 is 0 Å².